The number of phenols is 2. The lowest BCUT2D eigenvalue weighted by Crippen LogP contribution is -2.52. The Kier molecular flexibility index (Phi) is 9.06. The van der Waals surface area contributed by atoms with Crippen LogP contribution in [0.25, 0.3) is 0 Å². The molecule has 0 amide bonds. The second-order valence-corrected chi connectivity index (χ2v) is 10.8. The van der Waals surface area contributed by atoms with Gasteiger partial charge >= 0.3 is 0 Å². The fraction of sp³-hybridized carbons (Fsp3) is 0.429. The SMILES string of the molecule is COc1cccc2c1C(=O)c1c(O)c3c(c(O)c1C2=O)C[C@@](O)(C(=O)CBr)C[C@@H]3O[C@H]1CC(N)[C@H](O)C(C)O1.O=CO. The second kappa shape index (κ2) is 12.1. The number of halogens is 1. The molecule has 0 spiro atoms. The molecule has 0 bridgehead atoms. The number of ether oxygens (including phenoxy) is 3. The normalized spacial score (nSPS) is 28.0. The molecule has 1 saturated heterocycles. The van der Waals surface area contributed by atoms with Crippen LogP contribution in [-0.2, 0) is 25.5 Å². The first-order valence-electron chi connectivity index (χ1n) is 12.9. The van der Waals surface area contributed by atoms with Crippen molar-refractivity contribution < 1.29 is 58.9 Å². The molecule has 0 radical (unpaired) electrons. The van der Waals surface area contributed by atoms with Gasteiger partial charge in [-0.3, -0.25) is 19.2 Å². The molecule has 13 nitrogen and oxygen atoms in total. The summed E-state index contributed by atoms with van der Waals surface area (Å²) in [5.41, 5.74) is 2.91. The van der Waals surface area contributed by atoms with Crippen molar-refractivity contribution in [1.29, 1.82) is 0 Å². The minimum Gasteiger partial charge on any atom is -0.507 e. The minimum atomic E-state index is -2.04. The quantitative estimate of drug-likeness (QED) is 0.129. The molecule has 0 aromatic heterocycles. The largest absolute Gasteiger partial charge is 0.507 e. The Morgan fingerprint density at radius 2 is 1.83 bits per heavy atom. The van der Waals surface area contributed by atoms with E-state index < -0.39 is 82.6 Å². The summed E-state index contributed by atoms with van der Waals surface area (Å²) in [6.45, 7) is 1.36. The average Bonchev–Trinajstić information content (AvgIpc) is 2.95. The number of ketones is 3. The number of methoxy groups -OCH3 is 1. The first-order chi connectivity index (χ1) is 19.8. The Labute approximate surface area is 247 Å². The van der Waals surface area contributed by atoms with Crippen molar-refractivity contribution in [3.63, 3.8) is 0 Å². The molecule has 42 heavy (non-hydrogen) atoms. The van der Waals surface area contributed by atoms with E-state index in [1.54, 1.807) is 6.92 Å². The Morgan fingerprint density at radius 1 is 1.19 bits per heavy atom. The highest BCUT2D eigenvalue weighted by Crippen LogP contribution is 2.52. The number of alkyl halides is 1. The van der Waals surface area contributed by atoms with Crippen LogP contribution >= 0.6 is 15.9 Å². The van der Waals surface area contributed by atoms with Crippen LogP contribution in [-0.4, -0.2) is 91.9 Å². The molecule has 2 unspecified atom stereocenters. The van der Waals surface area contributed by atoms with Crippen LogP contribution in [0, 0.1) is 0 Å². The lowest BCUT2D eigenvalue weighted by Gasteiger charge is -2.42. The van der Waals surface area contributed by atoms with E-state index in [1.807, 2.05) is 0 Å². The van der Waals surface area contributed by atoms with Gasteiger partial charge < -0.3 is 45.5 Å². The number of phenolic OH excluding ortho intramolecular Hbond substituents is 2. The van der Waals surface area contributed by atoms with Gasteiger partial charge in [0, 0.05) is 42.0 Å². The lowest BCUT2D eigenvalue weighted by atomic mass is 9.72. The molecule has 14 heteroatoms. The number of nitrogens with two attached hydrogens (primary N) is 1. The van der Waals surface area contributed by atoms with Gasteiger partial charge in [-0.25, -0.2) is 0 Å². The maximum atomic E-state index is 13.7. The molecule has 1 heterocycles. The zero-order chi connectivity index (χ0) is 31.1. The van der Waals surface area contributed by atoms with Gasteiger partial charge in [-0.05, 0) is 13.0 Å². The highest BCUT2D eigenvalue weighted by Gasteiger charge is 2.50. The van der Waals surface area contributed by atoms with Crippen molar-refractivity contribution >= 4 is 39.8 Å². The molecule has 2 aromatic carbocycles. The molecule has 226 valence electrons. The van der Waals surface area contributed by atoms with Crippen LogP contribution in [0.4, 0.5) is 0 Å². The van der Waals surface area contributed by atoms with Gasteiger partial charge in [-0.2, -0.15) is 0 Å². The zero-order valence-electron chi connectivity index (χ0n) is 22.6. The number of carbonyl (C=O) groups is 4. The van der Waals surface area contributed by atoms with Crippen molar-refractivity contribution in [1.82, 2.24) is 0 Å². The van der Waals surface area contributed by atoms with Crippen molar-refractivity contribution in [2.24, 2.45) is 5.73 Å². The Hall–Kier alpha value is -3.40. The first-order valence-corrected chi connectivity index (χ1v) is 14.0. The summed E-state index contributed by atoms with van der Waals surface area (Å²) in [6.07, 6.45) is -4.62. The summed E-state index contributed by atoms with van der Waals surface area (Å²) in [6, 6.07) is 3.74. The second-order valence-electron chi connectivity index (χ2n) is 10.2. The number of hydrogen-bond acceptors (Lipinski definition) is 12. The number of benzene rings is 2. The third-order valence-corrected chi connectivity index (χ3v) is 8.29. The Bertz CT molecular complexity index is 1430. The number of aromatic hydroxyl groups is 2. The van der Waals surface area contributed by atoms with Gasteiger partial charge in [0.1, 0.15) is 22.8 Å². The number of Topliss-reactive ketones (excluding diaryl/α,β-unsaturated/α-hetero) is 1. The molecule has 7 N–H and O–H groups in total. The third kappa shape index (κ3) is 5.18. The summed E-state index contributed by atoms with van der Waals surface area (Å²) in [5, 5.41) is 51.1. The standard InChI is InChI=1S/C27H28BrNO10.CH2O2/c1-10-22(31)13(29)6-17(38-10)39-15-8-27(36,16(30)9-28)7-12-19(15)26(35)21-20(24(12)33)23(32)11-4-3-5-14(37-2)18(11)25(21)34;2-1-3/h3-5,10,13,15,17,22,31,33,35-36H,6-9,29H2,1-2H3;1H,(H,2,3)/t10?,13?,15-,17-,22+,27-;/m0./s1. The van der Waals surface area contributed by atoms with Crippen LogP contribution in [0.15, 0.2) is 18.2 Å². The summed E-state index contributed by atoms with van der Waals surface area (Å²) < 4.78 is 17.1. The average molecular weight is 652 g/mol. The van der Waals surface area contributed by atoms with E-state index in [0.29, 0.717) is 0 Å². The first kappa shape index (κ1) is 31.5. The molecule has 5 rings (SSSR count). The van der Waals surface area contributed by atoms with E-state index >= 15 is 0 Å². The van der Waals surface area contributed by atoms with E-state index in [-0.39, 0.29) is 52.6 Å². The van der Waals surface area contributed by atoms with Crippen LogP contribution in [0.2, 0.25) is 0 Å². The van der Waals surface area contributed by atoms with Crippen LogP contribution in [0.3, 0.4) is 0 Å². The van der Waals surface area contributed by atoms with Crippen molar-refractivity contribution in [3.8, 4) is 17.2 Å². The summed E-state index contributed by atoms with van der Waals surface area (Å²) >= 11 is 3.07. The van der Waals surface area contributed by atoms with E-state index in [9.17, 15) is 34.8 Å². The molecule has 1 aliphatic heterocycles. The number of carboxylic acid groups (broad SMARTS) is 1. The summed E-state index contributed by atoms with van der Waals surface area (Å²) in [7, 11) is 1.34. The lowest BCUT2D eigenvalue weighted by molar-refractivity contribution is -0.247. The molecule has 3 aliphatic rings. The van der Waals surface area contributed by atoms with E-state index in [2.05, 4.69) is 15.9 Å². The molecular formula is C28H30BrNO12. The Morgan fingerprint density at radius 3 is 2.43 bits per heavy atom. The van der Waals surface area contributed by atoms with Gasteiger partial charge in [0.25, 0.3) is 6.47 Å². The van der Waals surface area contributed by atoms with Crippen molar-refractivity contribution in [3.05, 3.63) is 51.6 Å². The zero-order valence-corrected chi connectivity index (χ0v) is 24.2. The van der Waals surface area contributed by atoms with E-state index in [4.69, 9.17) is 29.8 Å². The molecular weight excluding hydrogens is 622 g/mol. The molecule has 2 aliphatic carbocycles. The van der Waals surface area contributed by atoms with Crippen molar-refractivity contribution in [2.75, 3.05) is 12.4 Å². The summed E-state index contributed by atoms with van der Waals surface area (Å²) in [5.74, 6) is -3.20. The fourth-order valence-electron chi connectivity index (χ4n) is 5.73. The summed E-state index contributed by atoms with van der Waals surface area (Å²) in [4.78, 5) is 48.4. The molecule has 1 fully saturated rings. The maximum absolute atomic E-state index is 13.7. The van der Waals surface area contributed by atoms with E-state index in [1.165, 1.54) is 25.3 Å². The van der Waals surface area contributed by atoms with Gasteiger partial charge in [0.15, 0.2) is 17.9 Å². The molecule has 2 aromatic rings. The highest BCUT2D eigenvalue weighted by atomic mass is 79.9. The Balaban J connectivity index is 0.00000129. The minimum absolute atomic E-state index is 0.0194. The predicted octanol–water partition coefficient (Wildman–Crippen LogP) is 1.10. The van der Waals surface area contributed by atoms with Crippen molar-refractivity contribution in [2.45, 2.75) is 62.4 Å². The number of hydrogen-bond donors (Lipinski definition) is 6. The monoisotopic (exact) mass is 651 g/mol. The number of carbonyl (C=O) groups excluding carboxylic acids is 3. The highest BCUT2D eigenvalue weighted by molar-refractivity contribution is 9.09. The maximum Gasteiger partial charge on any atom is 0.290 e. The predicted molar refractivity (Wildman–Crippen MR) is 147 cm³/mol. The van der Waals surface area contributed by atoms with E-state index in [0.717, 1.165) is 0 Å². The number of aliphatic hydroxyl groups excluding tert-OH is 1. The van der Waals surface area contributed by atoms with Gasteiger partial charge in [0.2, 0.25) is 5.78 Å². The van der Waals surface area contributed by atoms with Gasteiger partial charge in [0.05, 0.1) is 47.4 Å². The van der Waals surface area contributed by atoms with Crippen LogP contribution in [0.5, 0.6) is 17.2 Å². The molecule has 6 atom stereocenters. The topological polar surface area (TPSA) is 223 Å². The van der Waals surface area contributed by atoms with Crippen LogP contribution in [0.1, 0.15) is 68.8 Å². The van der Waals surface area contributed by atoms with Gasteiger partial charge in [-0.15, -0.1) is 0 Å². The smallest absolute Gasteiger partial charge is 0.290 e. The van der Waals surface area contributed by atoms with Gasteiger partial charge in [-0.1, -0.05) is 28.1 Å². The molecule has 0 saturated carbocycles. The van der Waals surface area contributed by atoms with Crippen LogP contribution < -0.4 is 10.5 Å². The fourth-order valence-corrected chi connectivity index (χ4v) is 6.25. The number of rotatable bonds is 5. The third-order valence-electron chi connectivity index (χ3n) is 7.78. The number of fused-ring (bicyclic) bond motifs is 3. The number of aliphatic hydroxyl groups is 2.